The number of hydrogen-bond donors (Lipinski definition) is 1. The summed E-state index contributed by atoms with van der Waals surface area (Å²) in [5.41, 5.74) is 5.23. The van der Waals surface area contributed by atoms with Crippen LogP contribution in [0, 0.1) is 0 Å². The average Bonchev–Trinajstić information content (AvgIpc) is 3.06. The first-order valence-corrected chi connectivity index (χ1v) is 8.30. The number of aliphatic carboxylic acids is 1. The SMILES string of the molecule is CCc1ccc(-c2nc3scc(CC(=O)O)n3c2CC)cc1. The third kappa shape index (κ3) is 2.52. The molecule has 0 atom stereocenters. The molecule has 3 aromatic rings. The van der Waals surface area contributed by atoms with Crippen molar-refractivity contribution in [2.45, 2.75) is 33.1 Å². The molecule has 0 fully saturated rings. The number of nitrogens with zero attached hydrogens (tertiary/aromatic N) is 2. The molecule has 2 heterocycles. The zero-order valence-corrected chi connectivity index (χ0v) is 13.5. The molecule has 1 N–H and O–H groups in total. The highest BCUT2D eigenvalue weighted by Gasteiger charge is 2.17. The van der Waals surface area contributed by atoms with Gasteiger partial charge < -0.3 is 5.11 Å². The van der Waals surface area contributed by atoms with Crippen LogP contribution in [0.4, 0.5) is 0 Å². The fourth-order valence-electron chi connectivity index (χ4n) is 2.71. The van der Waals surface area contributed by atoms with Crippen LogP contribution in [0.1, 0.15) is 30.8 Å². The Morgan fingerprint density at radius 3 is 2.55 bits per heavy atom. The Morgan fingerprint density at radius 2 is 1.95 bits per heavy atom. The van der Waals surface area contributed by atoms with Gasteiger partial charge in [-0.25, -0.2) is 4.98 Å². The van der Waals surface area contributed by atoms with Crippen molar-refractivity contribution in [2.75, 3.05) is 0 Å². The molecule has 5 heteroatoms. The summed E-state index contributed by atoms with van der Waals surface area (Å²) >= 11 is 1.50. The van der Waals surface area contributed by atoms with E-state index >= 15 is 0 Å². The van der Waals surface area contributed by atoms with Crippen molar-refractivity contribution in [2.24, 2.45) is 0 Å². The minimum atomic E-state index is -0.815. The fraction of sp³-hybridized carbons (Fsp3) is 0.294. The first kappa shape index (κ1) is 14.8. The molecule has 114 valence electrons. The van der Waals surface area contributed by atoms with Gasteiger partial charge in [-0.1, -0.05) is 38.1 Å². The Bertz CT molecular complexity index is 815. The van der Waals surface area contributed by atoms with Crippen molar-refractivity contribution in [1.29, 1.82) is 0 Å². The van der Waals surface area contributed by atoms with E-state index in [1.54, 1.807) is 0 Å². The van der Waals surface area contributed by atoms with E-state index < -0.39 is 5.97 Å². The van der Waals surface area contributed by atoms with E-state index in [1.807, 2.05) is 9.78 Å². The zero-order valence-electron chi connectivity index (χ0n) is 12.7. The Labute approximate surface area is 133 Å². The van der Waals surface area contributed by atoms with E-state index in [2.05, 4.69) is 38.1 Å². The predicted octanol–water partition coefficient (Wildman–Crippen LogP) is 3.81. The van der Waals surface area contributed by atoms with Gasteiger partial charge in [0.25, 0.3) is 0 Å². The number of fused-ring (bicyclic) bond motifs is 1. The number of rotatable bonds is 5. The van der Waals surface area contributed by atoms with Gasteiger partial charge in [-0.05, 0) is 18.4 Å². The van der Waals surface area contributed by atoms with Gasteiger partial charge in [0.2, 0.25) is 0 Å². The summed E-state index contributed by atoms with van der Waals surface area (Å²) in [6.07, 6.45) is 1.86. The van der Waals surface area contributed by atoms with Crippen molar-refractivity contribution in [3.8, 4) is 11.3 Å². The predicted molar refractivity (Wildman–Crippen MR) is 88.6 cm³/mol. The monoisotopic (exact) mass is 314 g/mol. The zero-order chi connectivity index (χ0) is 15.7. The van der Waals surface area contributed by atoms with E-state index in [0.29, 0.717) is 0 Å². The van der Waals surface area contributed by atoms with Crippen LogP contribution in [0.25, 0.3) is 16.2 Å². The highest BCUT2D eigenvalue weighted by molar-refractivity contribution is 7.15. The molecular formula is C17H18N2O2S. The summed E-state index contributed by atoms with van der Waals surface area (Å²) in [6, 6.07) is 8.45. The van der Waals surface area contributed by atoms with Gasteiger partial charge >= 0.3 is 5.97 Å². The van der Waals surface area contributed by atoms with E-state index in [0.717, 1.165) is 40.4 Å². The molecule has 0 saturated carbocycles. The molecular weight excluding hydrogens is 296 g/mol. The van der Waals surface area contributed by atoms with Crippen molar-refractivity contribution in [3.63, 3.8) is 0 Å². The van der Waals surface area contributed by atoms with Crippen LogP contribution in [-0.2, 0) is 24.1 Å². The number of carboxylic acids is 1. The first-order valence-electron chi connectivity index (χ1n) is 7.42. The largest absolute Gasteiger partial charge is 0.481 e. The third-order valence-corrected chi connectivity index (χ3v) is 4.71. The van der Waals surface area contributed by atoms with E-state index in [1.165, 1.54) is 16.9 Å². The van der Waals surface area contributed by atoms with E-state index in [-0.39, 0.29) is 6.42 Å². The molecule has 2 aromatic heterocycles. The second kappa shape index (κ2) is 5.93. The van der Waals surface area contributed by atoms with Crippen LogP contribution < -0.4 is 0 Å². The van der Waals surface area contributed by atoms with Gasteiger partial charge in [0, 0.05) is 16.6 Å². The number of thiazole rings is 1. The van der Waals surface area contributed by atoms with Crippen molar-refractivity contribution in [1.82, 2.24) is 9.38 Å². The average molecular weight is 314 g/mol. The van der Waals surface area contributed by atoms with Crippen LogP contribution in [0.5, 0.6) is 0 Å². The maximum absolute atomic E-state index is 11.0. The molecule has 4 nitrogen and oxygen atoms in total. The maximum atomic E-state index is 11.0. The van der Waals surface area contributed by atoms with Gasteiger partial charge in [-0.3, -0.25) is 9.20 Å². The summed E-state index contributed by atoms with van der Waals surface area (Å²) in [5.74, 6) is -0.815. The van der Waals surface area contributed by atoms with Gasteiger partial charge in [0.05, 0.1) is 17.8 Å². The van der Waals surface area contributed by atoms with Crippen molar-refractivity contribution < 1.29 is 9.90 Å². The molecule has 22 heavy (non-hydrogen) atoms. The molecule has 0 aliphatic carbocycles. The molecule has 0 aliphatic rings. The lowest BCUT2D eigenvalue weighted by Crippen LogP contribution is -2.04. The van der Waals surface area contributed by atoms with Gasteiger partial charge in [-0.15, -0.1) is 11.3 Å². The number of aryl methyl sites for hydroxylation is 2. The lowest BCUT2D eigenvalue weighted by molar-refractivity contribution is -0.136. The van der Waals surface area contributed by atoms with Gasteiger partial charge in [-0.2, -0.15) is 0 Å². The molecule has 0 aliphatic heterocycles. The Morgan fingerprint density at radius 1 is 1.23 bits per heavy atom. The molecule has 3 rings (SSSR count). The fourth-order valence-corrected chi connectivity index (χ4v) is 3.62. The number of carboxylic acid groups (broad SMARTS) is 1. The summed E-state index contributed by atoms with van der Waals surface area (Å²) in [4.78, 5) is 16.6. The molecule has 0 radical (unpaired) electrons. The van der Waals surface area contributed by atoms with Crippen LogP contribution in [0.2, 0.25) is 0 Å². The second-order valence-corrected chi connectivity index (χ2v) is 6.06. The normalized spacial score (nSPS) is 11.2. The number of benzene rings is 1. The summed E-state index contributed by atoms with van der Waals surface area (Å²) in [5, 5.41) is 10.9. The molecule has 0 bridgehead atoms. The minimum absolute atomic E-state index is 0.0254. The van der Waals surface area contributed by atoms with E-state index in [4.69, 9.17) is 10.1 Å². The molecule has 0 unspecified atom stereocenters. The summed E-state index contributed by atoms with van der Waals surface area (Å²) < 4.78 is 2.00. The second-order valence-electron chi connectivity index (χ2n) is 5.23. The molecule has 0 amide bonds. The Kier molecular flexibility index (Phi) is 3.98. The van der Waals surface area contributed by atoms with Crippen molar-refractivity contribution >= 4 is 22.3 Å². The van der Waals surface area contributed by atoms with Crippen LogP contribution in [0.3, 0.4) is 0 Å². The Balaban J connectivity index is 2.13. The summed E-state index contributed by atoms with van der Waals surface area (Å²) in [6.45, 7) is 4.22. The first-order chi connectivity index (χ1) is 10.6. The van der Waals surface area contributed by atoms with Crippen LogP contribution in [-0.4, -0.2) is 20.5 Å². The highest BCUT2D eigenvalue weighted by atomic mass is 32.1. The summed E-state index contributed by atoms with van der Waals surface area (Å²) in [7, 11) is 0. The number of imidazole rings is 1. The number of hydrogen-bond acceptors (Lipinski definition) is 3. The molecule has 0 spiro atoms. The highest BCUT2D eigenvalue weighted by Crippen LogP contribution is 2.29. The standard InChI is InChI=1S/C17H18N2O2S/c1-3-11-5-7-12(8-6-11)16-14(4-2)19-13(9-15(20)21)10-22-17(19)18-16/h5-8,10H,3-4,9H2,1-2H3,(H,20,21). The number of carbonyl (C=O) groups is 1. The van der Waals surface area contributed by atoms with Gasteiger partial charge in [0.15, 0.2) is 4.96 Å². The maximum Gasteiger partial charge on any atom is 0.309 e. The lowest BCUT2D eigenvalue weighted by Gasteiger charge is -2.05. The Hall–Kier alpha value is -2.14. The minimum Gasteiger partial charge on any atom is -0.481 e. The molecule has 1 aromatic carbocycles. The van der Waals surface area contributed by atoms with Crippen molar-refractivity contribution in [3.05, 3.63) is 46.6 Å². The quantitative estimate of drug-likeness (QED) is 0.779. The number of aromatic nitrogens is 2. The van der Waals surface area contributed by atoms with Gasteiger partial charge in [0.1, 0.15) is 0 Å². The third-order valence-electron chi connectivity index (χ3n) is 3.83. The topological polar surface area (TPSA) is 54.6 Å². The van der Waals surface area contributed by atoms with E-state index in [9.17, 15) is 4.79 Å². The van der Waals surface area contributed by atoms with Crippen LogP contribution >= 0.6 is 11.3 Å². The van der Waals surface area contributed by atoms with Crippen LogP contribution in [0.15, 0.2) is 29.6 Å². The smallest absolute Gasteiger partial charge is 0.309 e. The molecule has 0 saturated heterocycles. The lowest BCUT2D eigenvalue weighted by atomic mass is 10.1.